The van der Waals surface area contributed by atoms with Gasteiger partial charge < -0.3 is 20.4 Å². The fourth-order valence-corrected chi connectivity index (χ4v) is 8.19. The first-order valence-corrected chi connectivity index (χ1v) is 19.9. The Morgan fingerprint density at radius 3 is 1.08 bits per heavy atom. The van der Waals surface area contributed by atoms with Crippen LogP contribution in [-0.4, -0.2) is 20.4 Å². The Hall–Kier alpha value is -3.57. The van der Waals surface area contributed by atoms with Crippen molar-refractivity contribution in [3.05, 3.63) is 104 Å². The molecule has 0 aliphatic heterocycles. The number of benzene rings is 4. The van der Waals surface area contributed by atoms with Crippen molar-refractivity contribution in [2.75, 3.05) is 0 Å². The molecular weight excluding hydrogens is 673 g/mol. The molecule has 0 heterocycles. The van der Waals surface area contributed by atoms with Crippen LogP contribution in [0.25, 0.3) is 0 Å². The first kappa shape index (κ1) is 43.8. The molecule has 0 aromatic heterocycles. The molecule has 4 aromatic carbocycles. The Bertz CT molecular complexity index is 1790. The Morgan fingerprint density at radius 1 is 0.472 bits per heavy atom. The van der Waals surface area contributed by atoms with Crippen LogP contribution in [0.4, 0.5) is 0 Å². The normalized spacial score (nSPS) is 12.6. The van der Waals surface area contributed by atoms with Gasteiger partial charge in [-0.05, 0) is 125 Å². The zero-order chi connectivity index (χ0) is 40.6. The Kier molecular flexibility index (Phi) is 13.3. The van der Waals surface area contributed by atoms with Gasteiger partial charge in [0, 0.05) is 17.0 Å². The van der Waals surface area contributed by atoms with Gasteiger partial charge in [0.1, 0.15) is 23.0 Å². The molecule has 0 aliphatic rings. The molecular formula is C48H68O4S. The maximum absolute atomic E-state index is 10.8. The van der Waals surface area contributed by atoms with Gasteiger partial charge in [-0.3, -0.25) is 0 Å². The predicted octanol–water partition coefficient (Wildman–Crippen LogP) is 13.7. The summed E-state index contributed by atoms with van der Waals surface area (Å²) in [5, 5.41) is 42.7. The Morgan fingerprint density at radius 2 is 0.792 bits per heavy atom. The second-order valence-corrected chi connectivity index (χ2v) is 20.3. The highest BCUT2D eigenvalue weighted by molar-refractivity contribution is 7.99. The van der Waals surface area contributed by atoms with Crippen molar-refractivity contribution in [3.63, 3.8) is 0 Å². The fourth-order valence-electron chi connectivity index (χ4n) is 7.05. The lowest BCUT2D eigenvalue weighted by Crippen LogP contribution is -2.16. The van der Waals surface area contributed by atoms with Crippen LogP contribution >= 0.6 is 11.8 Å². The lowest BCUT2D eigenvalue weighted by Gasteiger charge is -2.29. The van der Waals surface area contributed by atoms with Crippen molar-refractivity contribution in [3.8, 4) is 23.0 Å². The lowest BCUT2D eigenvalue weighted by molar-refractivity contribution is 0.432. The van der Waals surface area contributed by atoms with E-state index in [0.29, 0.717) is 23.0 Å². The van der Waals surface area contributed by atoms with Gasteiger partial charge in [-0.2, -0.15) is 0 Å². The molecule has 0 fully saturated rings. The van der Waals surface area contributed by atoms with Gasteiger partial charge in [-0.25, -0.2) is 0 Å². The average Bonchev–Trinajstić information content (AvgIpc) is 2.98. The molecule has 0 atom stereocenters. The number of aryl methyl sites for hydroxylation is 4. The van der Waals surface area contributed by atoms with E-state index in [1.807, 2.05) is 50.2 Å². The smallest absolute Gasteiger partial charge is 0.133 e. The molecule has 0 saturated carbocycles. The molecule has 0 aliphatic carbocycles. The van der Waals surface area contributed by atoms with Crippen molar-refractivity contribution in [2.45, 2.75) is 168 Å². The monoisotopic (exact) mass is 740 g/mol. The van der Waals surface area contributed by atoms with E-state index in [9.17, 15) is 20.4 Å². The topological polar surface area (TPSA) is 80.9 Å². The largest absolute Gasteiger partial charge is 0.508 e. The minimum absolute atomic E-state index is 0.121. The number of phenolic OH excluding ortho intramolecular Hbond substituents is 4. The highest BCUT2D eigenvalue weighted by Crippen LogP contribution is 2.47. The van der Waals surface area contributed by atoms with E-state index < -0.39 is 0 Å². The molecule has 0 bridgehead atoms. The van der Waals surface area contributed by atoms with Crippen molar-refractivity contribution in [2.24, 2.45) is 0 Å². The number of phenols is 4. The van der Waals surface area contributed by atoms with Gasteiger partial charge in [-0.15, -0.1) is 0 Å². The second-order valence-electron chi connectivity index (χ2n) is 19.2. The van der Waals surface area contributed by atoms with Crippen molar-refractivity contribution in [1.29, 1.82) is 0 Å². The summed E-state index contributed by atoms with van der Waals surface area (Å²) in [7, 11) is 0. The van der Waals surface area contributed by atoms with Gasteiger partial charge in [-0.1, -0.05) is 132 Å². The number of rotatable bonds is 6. The van der Waals surface area contributed by atoms with Crippen LogP contribution in [0.5, 0.6) is 23.0 Å². The van der Waals surface area contributed by atoms with Crippen LogP contribution in [-0.2, 0) is 21.7 Å². The molecule has 4 N–H and O–H groups in total. The van der Waals surface area contributed by atoms with E-state index in [4.69, 9.17) is 0 Å². The van der Waals surface area contributed by atoms with Gasteiger partial charge in [0.15, 0.2) is 0 Å². The first-order chi connectivity index (χ1) is 24.1. The standard InChI is InChI=1S/C26H38O2.C22H30O2S/c1-10-11-18(19-14-21(25(4,5)6)23(27)12-16(19)2)20-15-22(26(7,8)9)24(28)13-17(20)3;1-13-9-15(21(3,4)5)19(23)17(11-13)25-18-12-14(2)10-16(20(18)24)22(6,7)8/h12-15,18,27-28H,10-11H2,1-9H3;9-12,23-24H,1-8H3. The third-order valence-corrected chi connectivity index (χ3v) is 11.0. The fraction of sp³-hybridized carbons (Fsp3) is 0.500. The molecule has 290 valence electrons. The third-order valence-electron chi connectivity index (χ3n) is 9.99. The second kappa shape index (κ2) is 16.0. The Balaban J connectivity index is 0.000000287. The predicted molar refractivity (Wildman–Crippen MR) is 227 cm³/mol. The van der Waals surface area contributed by atoms with E-state index in [-0.39, 0.29) is 27.6 Å². The summed E-state index contributed by atoms with van der Waals surface area (Å²) in [6.45, 7) is 35.9. The minimum Gasteiger partial charge on any atom is -0.508 e. The molecule has 4 aromatic rings. The highest BCUT2D eigenvalue weighted by Gasteiger charge is 2.28. The highest BCUT2D eigenvalue weighted by atomic mass is 32.2. The summed E-state index contributed by atoms with van der Waals surface area (Å²) in [6, 6.07) is 16.3. The number of hydrogen-bond acceptors (Lipinski definition) is 5. The summed E-state index contributed by atoms with van der Waals surface area (Å²) in [4.78, 5) is 1.57. The molecule has 0 unspecified atom stereocenters. The molecule has 53 heavy (non-hydrogen) atoms. The van der Waals surface area contributed by atoms with Crippen molar-refractivity contribution < 1.29 is 20.4 Å². The molecule has 0 saturated heterocycles. The quantitative estimate of drug-likeness (QED) is 0.158. The molecule has 0 spiro atoms. The minimum atomic E-state index is -0.142. The van der Waals surface area contributed by atoms with Crippen LogP contribution in [0.3, 0.4) is 0 Å². The number of aromatic hydroxyl groups is 4. The summed E-state index contributed by atoms with van der Waals surface area (Å²) in [6.07, 6.45) is 2.10. The Labute approximate surface area is 326 Å². The van der Waals surface area contributed by atoms with E-state index in [2.05, 4.69) is 116 Å². The van der Waals surface area contributed by atoms with Gasteiger partial charge >= 0.3 is 0 Å². The van der Waals surface area contributed by atoms with Crippen molar-refractivity contribution >= 4 is 11.8 Å². The van der Waals surface area contributed by atoms with Crippen LogP contribution in [0.1, 0.15) is 164 Å². The van der Waals surface area contributed by atoms with Gasteiger partial charge in [0.2, 0.25) is 0 Å². The van der Waals surface area contributed by atoms with Crippen molar-refractivity contribution in [1.82, 2.24) is 0 Å². The number of hydrogen-bond donors (Lipinski definition) is 4. The molecule has 4 nitrogen and oxygen atoms in total. The molecule has 0 amide bonds. The summed E-state index contributed by atoms with van der Waals surface area (Å²) >= 11 is 1.43. The molecule has 0 radical (unpaired) electrons. The third kappa shape index (κ3) is 10.6. The SMILES string of the molecule is CCCC(c1cc(C(C)(C)C)c(O)cc1C)c1cc(C(C)(C)C)c(O)cc1C.Cc1cc(Sc2cc(C)cc(C(C)(C)C)c2O)c(O)c(C(C)(C)C)c1. The van der Waals surface area contributed by atoms with E-state index in [1.165, 1.54) is 22.9 Å². The average molecular weight is 741 g/mol. The lowest BCUT2D eigenvalue weighted by atomic mass is 9.76. The maximum atomic E-state index is 10.8. The molecule has 5 heteroatoms. The van der Waals surface area contributed by atoms with Crippen LogP contribution in [0.2, 0.25) is 0 Å². The summed E-state index contributed by atoms with van der Waals surface area (Å²) in [5.74, 6) is 1.61. The van der Waals surface area contributed by atoms with E-state index >= 15 is 0 Å². The first-order valence-electron chi connectivity index (χ1n) is 19.1. The summed E-state index contributed by atoms with van der Waals surface area (Å²) in [5.41, 5.74) is 10.3. The van der Waals surface area contributed by atoms with Crippen LogP contribution in [0.15, 0.2) is 58.3 Å². The van der Waals surface area contributed by atoms with Gasteiger partial charge in [0.25, 0.3) is 0 Å². The zero-order valence-electron chi connectivity index (χ0n) is 35.8. The maximum Gasteiger partial charge on any atom is 0.133 e. The van der Waals surface area contributed by atoms with Gasteiger partial charge in [0.05, 0.1) is 9.79 Å². The van der Waals surface area contributed by atoms with Crippen LogP contribution in [0, 0.1) is 27.7 Å². The molecule has 4 rings (SSSR count). The zero-order valence-corrected chi connectivity index (χ0v) is 36.6. The van der Waals surface area contributed by atoms with E-state index in [0.717, 1.165) is 67.1 Å². The van der Waals surface area contributed by atoms with Crippen LogP contribution < -0.4 is 0 Å². The van der Waals surface area contributed by atoms with E-state index in [1.54, 1.807) is 0 Å². The summed E-state index contributed by atoms with van der Waals surface area (Å²) < 4.78 is 0.